The first-order chi connectivity index (χ1) is 12.2. The largest absolute Gasteiger partial charge is 0.324 e. The molecule has 0 aliphatic heterocycles. The number of benzene rings is 2. The van der Waals surface area contributed by atoms with Gasteiger partial charge in [0.25, 0.3) is 0 Å². The number of nitrogens with two attached hydrogens (primary N) is 1. The third-order valence-electron chi connectivity index (χ3n) is 5.52. The predicted octanol–water partition coefficient (Wildman–Crippen LogP) is 7.11. The average Bonchev–Trinajstić information content (AvgIpc) is 2.65. The average molecular weight is 340 g/mol. The van der Waals surface area contributed by atoms with Crippen LogP contribution in [0, 0.1) is 0 Å². The summed E-state index contributed by atoms with van der Waals surface area (Å²) in [6.45, 7) is 6.81. The maximum absolute atomic E-state index is 6.72. The van der Waals surface area contributed by atoms with Crippen molar-refractivity contribution in [1.82, 2.24) is 0 Å². The molecule has 2 N–H and O–H groups in total. The zero-order valence-corrected chi connectivity index (χ0v) is 16.6. The van der Waals surface area contributed by atoms with Gasteiger partial charge in [0, 0.05) is 6.04 Å². The Labute approximate surface area is 155 Å². The number of hydrogen-bond donors (Lipinski definition) is 1. The molecule has 0 aliphatic carbocycles. The Bertz CT molecular complexity index is 644. The molecule has 1 unspecified atom stereocenters. The van der Waals surface area contributed by atoms with Crippen LogP contribution in [0.5, 0.6) is 0 Å². The van der Waals surface area contributed by atoms with Crippen molar-refractivity contribution in [2.24, 2.45) is 5.73 Å². The summed E-state index contributed by atoms with van der Waals surface area (Å²) in [7, 11) is 0. The Kier molecular flexibility index (Phi) is 8.48. The van der Waals surface area contributed by atoms with Crippen LogP contribution >= 0.6 is 0 Å². The van der Waals surface area contributed by atoms with Gasteiger partial charge in [0.1, 0.15) is 0 Å². The Morgan fingerprint density at radius 2 is 1.52 bits per heavy atom. The molecule has 0 amide bonds. The molecule has 0 spiro atoms. The molecule has 0 aromatic heterocycles. The molecular weight excluding hydrogens is 302 g/mol. The molecule has 0 saturated heterocycles. The van der Waals surface area contributed by atoms with Crippen molar-refractivity contribution in [3.63, 3.8) is 0 Å². The van der Waals surface area contributed by atoms with Gasteiger partial charge in [-0.3, -0.25) is 0 Å². The molecule has 0 bridgehead atoms. The van der Waals surface area contributed by atoms with Crippen LogP contribution in [-0.2, 0) is 12.8 Å². The lowest BCUT2D eigenvalue weighted by atomic mass is 9.86. The van der Waals surface area contributed by atoms with Gasteiger partial charge in [0.05, 0.1) is 0 Å². The number of unbranched alkanes of at least 4 members (excludes halogenated alkanes) is 6. The molecule has 1 nitrogen and oxygen atoms in total. The Hall–Kier alpha value is -1.34. The van der Waals surface area contributed by atoms with Crippen LogP contribution < -0.4 is 5.73 Å². The summed E-state index contributed by atoms with van der Waals surface area (Å²) in [6, 6.07) is 11.3. The number of aryl methyl sites for hydroxylation is 1. The van der Waals surface area contributed by atoms with Gasteiger partial charge in [-0.25, -0.2) is 0 Å². The van der Waals surface area contributed by atoms with E-state index in [2.05, 4.69) is 51.1 Å². The molecule has 0 saturated carbocycles. The standard InChI is InChI=1S/C24H37N/c1-4-7-8-9-10-11-12-17-23(25)24-21(6-3)19(5-2)18-20-15-13-14-16-22(20)24/h13-16,18,23H,4-12,17,25H2,1-3H3. The van der Waals surface area contributed by atoms with Crippen LogP contribution in [0.2, 0.25) is 0 Å². The van der Waals surface area contributed by atoms with Gasteiger partial charge >= 0.3 is 0 Å². The van der Waals surface area contributed by atoms with Crippen LogP contribution in [0.15, 0.2) is 30.3 Å². The van der Waals surface area contributed by atoms with E-state index < -0.39 is 0 Å². The Morgan fingerprint density at radius 1 is 0.840 bits per heavy atom. The summed E-state index contributed by atoms with van der Waals surface area (Å²) in [5.41, 5.74) is 11.1. The van der Waals surface area contributed by atoms with E-state index in [-0.39, 0.29) is 6.04 Å². The van der Waals surface area contributed by atoms with Gasteiger partial charge in [0.2, 0.25) is 0 Å². The highest BCUT2D eigenvalue weighted by molar-refractivity contribution is 5.88. The summed E-state index contributed by atoms with van der Waals surface area (Å²) in [4.78, 5) is 0. The van der Waals surface area contributed by atoms with E-state index in [9.17, 15) is 0 Å². The summed E-state index contributed by atoms with van der Waals surface area (Å²) in [6.07, 6.45) is 12.7. The molecule has 25 heavy (non-hydrogen) atoms. The topological polar surface area (TPSA) is 26.0 Å². The van der Waals surface area contributed by atoms with E-state index in [0.717, 1.165) is 19.3 Å². The SMILES string of the molecule is CCCCCCCCCC(N)c1c(CC)c(CC)cc2ccccc12. The monoisotopic (exact) mass is 339 g/mol. The lowest BCUT2D eigenvalue weighted by Gasteiger charge is -2.22. The van der Waals surface area contributed by atoms with E-state index >= 15 is 0 Å². The molecule has 1 atom stereocenters. The first-order valence-corrected chi connectivity index (χ1v) is 10.5. The van der Waals surface area contributed by atoms with Crippen LogP contribution in [-0.4, -0.2) is 0 Å². The van der Waals surface area contributed by atoms with Crippen molar-refractivity contribution in [1.29, 1.82) is 0 Å². The minimum atomic E-state index is 0.169. The third-order valence-corrected chi connectivity index (χ3v) is 5.52. The normalized spacial score (nSPS) is 12.6. The molecule has 0 fully saturated rings. The quantitative estimate of drug-likeness (QED) is 0.434. The summed E-state index contributed by atoms with van der Waals surface area (Å²) >= 11 is 0. The van der Waals surface area contributed by atoms with Crippen LogP contribution in [0.4, 0.5) is 0 Å². The highest BCUT2D eigenvalue weighted by atomic mass is 14.6. The summed E-state index contributed by atoms with van der Waals surface area (Å²) < 4.78 is 0. The molecule has 138 valence electrons. The second-order valence-corrected chi connectivity index (χ2v) is 7.37. The molecule has 2 aromatic carbocycles. The fourth-order valence-electron chi connectivity index (χ4n) is 4.10. The van der Waals surface area contributed by atoms with E-state index in [4.69, 9.17) is 5.73 Å². The minimum Gasteiger partial charge on any atom is -0.324 e. The molecule has 2 rings (SSSR count). The summed E-state index contributed by atoms with van der Waals surface area (Å²) in [5.74, 6) is 0. The van der Waals surface area contributed by atoms with Gasteiger partial charge < -0.3 is 5.73 Å². The highest BCUT2D eigenvalue weighted by Gasteiger charge is 2.16. The van der Waals surface area contributed by atoms with Crippen LogP contribution in [0.25, 0.3) is 10.8 Å². The van der Waals surface area contributed by atoms with Crippen molar-refractivity contribution in [2.45, 2.75) is 91.0 Å². The van der Waals surface area contributed by atoms with Crippen LogP contribution in [0.1, 0.15) is 94.9 Å². The van der Waals surface area contributed by atoms with Crippen molar-refractivity contribution in [2.75, 3.05) is 0 Å². The number of hydrogen-bond acceptors (Lipinski definition) is 1. The number of rotatable bonds is 11. The van der Waals surface area contributed by atoms with Crippen molar-refractivity contribution in [3.05, 3.63) is 47.0 Å². The van der Waals surface area contributed by atoms with Gasteiger partial charge in [-0.05, 0) is 46.7 Å². The molecule has 1 heteroatoms. The highest BCUT2D eigenvalue weighted by Crippen LogP contribution is 2.33. The fourth-order valence-corrected chi connectivity index (χ4v) is 4.10. The van der Waals surface area contributed by atoms with Crippen molar-refractivity contribution < 1.29 is 0 Å². The van der Waals surface area contributed by atoms with Crippen molar-refractivity contribution >= 4 is 10.8 Å². The molecule has 0 heterocycles. The molecule has 0 aliphatic rings. The van der Waals surface area contributed by atoms with E-state index in [1.807, 2.05) is 0 Å². The van der Waals surface area contributed by atoms with Crippen molar-refractivity contribution in [3.8, 4) is 0 Å². The van der Waals surface area contributed by atoms with Gasteiger partial charge in [-0.1, -0.05) is 96.0 Å². The molecule has 0 radical (unpaired) electrons. The lowest BCUT2D eigenvalue weighted by Crippen LogP contribution is -2.14. The zero-order valence-electron chi connectivity index (χ0n) is 16.6. The van der Waals surface area contributed by atoms with Gasteiger partial charge in [0.15, 0.2) is 0 Å². The minimum absolute atomic E-state index is 0.169. The van der Waals surface area contributed by atoms with Gasteiger partial charge in [-0.15, -0.1) is 0 Å². The maximum atomic E-state index is 6.72. The number of fused-ring (bicyclic) bond motifs is 1. The fraction of sp³-hybridized carbons (Fsp3) is 0.583. The third kappa shape index (κ3) is 5.31. The first kappa shape index (κ1) is 20.0. The molecular formula is C24H37N. The Balaban J connectivity index is 2.09. The zero-order chi connectivity index (χ0) is 18.1. The van der Waals surface area contributed by atoms with E-state index in [1.165, 1.54) is 72.4 Å². The lowest BCUT2D eigenvalue weighted by molar-refractivity contribution is 0.540. The maximum Gasteiger partial charge on any atom is 0.0303 e. The first-order valence-electron chi connectivity index (χ1n) is 10.5. The van der Waals surface area contributed by atoms with E-state index in [1.54, 1.807) is 0 Å². The predicted molar refractivity (Wildman–Crippen MR) is 112 cm³/mol. The Morgan fingerprint density at radius 3 is 2.20 bits per heavy atom. The van der Waals surface area contributed by atoms with Gasteiger partial charge in [-0.2, -0.15) is 0 Å². The second kappa shape index (κ2) is 10.6. The second-order valence-electron chi connectivity index (χ2n) is 7.37. The smallest absolute Gasteiger partial charge is 0.0303 e. The summed E-state index contributed by atoms with van der Waals surface area (Å²) in [5, 5.41) is 2.72. The van der Waals surface area contributed by atoms with Crippen LogP contribution in [0.3, 0.4) is 0 Å². The van der Waals surface area contributed by atoms with E-state index in [0.29, 0.717) is 0 Å². The molecule has 2 aromatic rings.